The molecule has 6 atom stereocenters. The van der Waals surface area contributed by atoms with Gasteiger partial charge in [0, 0.05) is 12.3 Å². The molecular formula is C22H22N2O13P2. The SMILES string of the molecule is O=C(Oc1ccccc1)OC1[C@@H](O)[C@@H](COP(=O)(O)OP(=O)(O)c2ccccc2)O[C@H]1n1ccc(=O)[nH]c1=O. The summed E-state index contributed by atoms with van der Waals surface area (Å²) in [7, 11) is -10.00. The van der Waals surface area contributed by atoms with Gasteiger partial charge in [0.1, 0.15) is 18.0 Å². The maximum Gasteiger partial charge on any atom is 0.514 e. The van der Waals surface area contributed by atoms with E-state index in [0.29, 0.717) is 0 Å². The molecule has 1 aliphatic rings. The number of nitrogens with zero attached hydrogens (tertiary/aromatic N) is 1. The van der Waals surface area contributed by atoms with Crippen molar-refractivity contribution in [2.45, 2.75) is 24.5 Å². The minimum Gasteiger partial charge on any atom is -0.423 e. The Morgan fingerprint density at radius 2 is 1.64 bits per heavy atom. The number of hydrogen-bond acceptors (Lipinski definition) is 11. The van der Waals surface area contributed by atoms with E-state index < -0.39 is 64.0 Å². The van der Waals surface area contributed by atoms with Crippen LogP contribution >= 0.6 is 15.4 Å². The molecule has 0 aliphatic carbocycles. The molecule has 0 amide bonds. The zero-order valence-electron chi connectivity index (χ0n) is 19.7. The number of para-hydroxylation sites is 1. The van der Waals surface area contributed by atoms with Crippen molar-refractivity contribution >= 4 is 26.9 Å². The molecule has 1 saturated heterocycles. The van der Waals surface area contributed by atoms with Gasteiger partial charge in [-0.15, -0.1) is 0 Å². The summed E-state index contributed by atoms with van der Waals surface area (Å²) in [4.78, 5) is 58.3. The fourth-order valence-electron chi connectivity index (χ4n) is 3.55. The quantitative estimate of drug-likeness (QED) is 0.157. The Bertz CT molecular complexity index is 1510. The third kappa shape index (κ3) is 7.18. The van der Waals surface area contributed by atoms with Crippen LogP contribution in [-0.2, 0) is 27.4 Å². The molecule has 2 aromatic carbocycles. The molecule has 1 fully saturated rings. The van der Waals surface area contributed by atoms with E-state index in [1.807, 2.05) is 4.98 Å². The molecule has 1 aromatic heterocycles. The molecule has 0 bridgehead atoms. The molecule has 2 heterocycles. The number of phosphoric acid groups is 1. The van der Waals surface area contributed by atoms with E-state index in [-0.39, 0.29) is 11.1 Å². The Morgan fingerprint density at radius 3 is 2.28 bits per heavy atom. The molecule has 3 aromatic rings. The lowest BCUT2D eigenvalue weighted by Crippen LogP contribution is -2.41. The van der Waals surface area contributed by atoms with Crippen LogP contribution in [0.15, 0.2) is 82.5 Å². The van der Waals surface area contributed by atoms with Crippen molar-refractivity contribution in [3.05, 3.63) is 93.8 Å². The Labute approximate surface area is 219 Å². The van der Waals surface area contributed by atoms with Gasteiger partial charge in [-0.25, -0.2) is 18.5 Å². The number of benzene rings is 2. The third-order valence-electron chi connectivity index (χ3n) is 5.31. The third-order valence-corrected chi connectivity index (χ3v) is 8.45. The lowest BCUT2D eigenvalue weighted by atomic mass is 10.1. The minimum atomic E-state index is -5.21. The monoisotopic (exact) mass is 584 g/mol. The number of H-pyrrole nitrogens is 1. The molecule has 39 heavy (non-hydrogen) atoms. The first-order valence-corrected chi connectivity index (χ1v) is 14.2. The normalized spacial score (nSPS) is 23.9. The van der Waals surface area contributed by atoms with Gasteiger partial charge in [0.25, 0.3) is 5.56 Å². The fourth-order valence-corrected chi connectivity index (χ4v) is 6.12. The predicted octanol–water partition coefficient (Wildman–Crippen LogP) is 1.02. The number of rotatable bonds is 9. The maximum absolute atomic E-state index is 12.4. The average molecular weight is 584 g/mol. The zero-order chi connectivity index (χ0) is 28.2. The molecule has 208 valence electrons. The summed E-state index contributed by atoms with van der Waals surface area (Å²) < 4.78 is 50.7. The molecule has 1 aliphatic heterocycles. The maximum atomic E-state index is 12.4. The first-order valence-electron chi connectivity index (χ1n) is 11.1. The van der Waals surface area contributed by atoms with Gasteiger partial charge >= 0.3 is 27.3 Å². The van der Waals surface area contributed by atoms with Crippen molar-refractivity contribution in [2.24, 2.45) is 0 Å². The predicted molar refractivity (Wildman–Crippen MR) is 131 cm³/mol. The molecule has 4 N–H and O–H groups in total. The number of ether oxygens (including phenoxy) is 3. The van der Waals surface area contributed by atoms with Crippen LogP contribution in [0.25, 0.3) is 0 Å². The summed E-state index contributed by atoms with van der Waals surface area (Å²) in [5.74, 6) is 0.110. The number of carbonyl (C=O) groups is 1. The summed E-state index contributed by atoms with van der Waals surface area (Å²) in [6.45, 7) is -0.911. The Balaban J connectivity index is 1.50. The average Bonchev–Trinajstić information content (AvgIpc) is 3.18. The summed E-state index contributed by atoms with van der Waals surface area (Å²) >= 11 is 0. The second-order valence-electron chi connectivity index (χ2n) is 8.02. The molecular weight excluding hydrogens is 562 g/mol. The lowest BCUT2D eigenvalue weighted by molar-refractivity contribution is -0.0603. The number of phosphoric ester groups is 1. The van der Waals surface area contributed by atoms with Crippen molar-refractivity contribution in [3.63, 3.8) is 0 Å². The minimum absolute atomic E-state index is 0.110. The van der Waals surface area contributed by atoms with Gasteiger partial charge in [0.2, 0.25) is 0 Å². The molecule has 0 saturated carbocycles. The molecule has 0 radical (unpaired) electrons. The van der Waals surface area contributed by atoms with Gasteiger partial charge in [0.15, 0.2) is 12.3 Å². The molecule has 0 spiro atoms. The second-order valence-corrected chi connectivity index (χ2v) is 11.4. The number of aliphatic hydroxyl groups excluding tert-OH is 1. The van der Waals surface area contributed by atoms with E-state index in [0.717, 1.165) is 16.8 Å². The highest BCUT2D eigenvalue weighted by Gasteiger charge is 2.49. The molecule has 15 nitrogen and oxygen atoms in total. The topological polar surface area (TPSA) is 213 Å². The number of aromatic nitrogens is 2. The van der Waals surface area contributed by atoms with Gasteiger partial charge in [-0.3, -0.25) is 23.4 Å². The molecule has 3 unspecified atom stereocenters. The van der Waals surface area contributed by atoms with Crippen molar-refractivity contribution in [3.8, 4) is 5.75 Å². The van der Waals surface area contributed by atoms with Gasteiger partial charge in [-0.1, -0.05) is 36.4 Å². The zero-order valence-corrected chi connectivity index (χ0v) is 21.5. The first kappa shape index (κ1) is 28.6. The van der Waals surface area contributed by atoms with E-state index in [1.54, 1.807) is 24.3 Å². The number of carbonyl (C=O) groups excluding carboxylic acids is 1. The number of hydrogen-bond donors (Lipinski definition) is 4. The van der Waals surface area contributed by atoms with E-state index in [2.05, 4.69) is 4.31 Å². The Kier molecular flexibility index (Phi) is 8.64. The van der Waals surface area contributed by atoms with Crippen molar-refractivity contribution in [2.75, 3.05) is 6.61 Å². The van der Waals surface area contributed by atoms with Crippen LogP contribution in [-0.4, -0.2) is 55.5 Å². The van der Waals surface area contributed by atoms with Crippen LogP contribution < -0.4 is 21.3 Å². The standard InChI is InChI=1S/C22H22N2O13P2/c25-17-11-12-24(21(27)23-17)20-19(36-22(28)34-14-7-3-1-4-8-14)18(26)16(35-20)13-33-39(31,32)37-38(29,30)15-9-5-2-6-10-15/h1-12,16,18-20,26H,13H2,(H,29,30)(H,31,32)(H,23,25,27)/t16-,18+,19?,20-/m1/s1. The highest BCUT2D eigenvalue weighted by Crippen LogP contribution is 2.59. The smallest absolute Gasteiger partial charge is 0.423 e. The van der Waals surface area contributed by atoms with Crippen molar-refractivity contribution < 1.29 is 51.9 Å². The number of aromatic amines is 1. The largest absolute Gasteiger partial charge is 0.514 e. The number of aliphatic hydroxyl groups is 1. The Hall–Kier alpha value is -3.39. The van der Waals surface area contributed by atoms with Crippen LogP contribution in [0.1, 0.15) is 6.23 Å². The van der Waals surface area contributed by atoms with Crippen molar-refractivity contribution in [1.82, 2.24) is 9.55 Å². The summed E-state index contributed by atoms with van der Waals surface area (Å²) in [6.07, 6.45) is -6.74. The lowest BCUT2D eigenvalue weighted by Gasteiger charge is -2.21. The van der Waals surface area contributed by atoms with Crippen molar-refractivity contribution in [1.29, 1.82) is 0 Å². The summed E-state index contributed by atoms with van der Waals surface area (Å²) in [6, 6.07) is 15.5. The van der Waals surface area contributed by atoms with Gasteiger partial charge < -0.3 is 29.1 Å². The van der Waals surface area contributed by atoms with Crippen LogP contribution in [0.2, 0.25) is 0 Å². The van der Waals surface area contributed by atoms with Crippen LogP contribution in [0.5, 0.6) is 5.75 Å². The van der Waals surface area contributed by atoms with Gasteiger partial charge in [0.05, 0.1) is 11.9 Å². The van der Waals surface area contributed by atoms with E-state index in [4.69, 9.17) is 18.7 Å². The van der Waals surface area contributed by atoms with E-state index >= 15 is 0 Å². The van der Waals surface area contributed by atoms with Crippen LogP contribution in [0.3, 0.4) is 0 Å². The van der Waals surface area contributed by atoms with E-state index in [1.165, 1.54) is 36.4 Å². The fraction of sp³-hybridized carbons (Fsp3) is 0.227. The molecule has 4 rings (SSSR count). The summed E-state index contributed by atoms with van der Waals surface area (Å²) in [5.41, 5.74) is -1.72. The molecule has 17 heteroatoms. The highest BCUT2D eigenvalue weighted by atomic mass is 31.3. The van der Waals surface area contributed by atoms with E-state index in [9.17, 15) is 38.4 Å². The van der Waals surface area contributed by atoms with Gasteiger partial charge in [-0.2, -0.15) is 0 Å². The second kappa shape index (κ2) is 11.8. The number of nitrogens with one attached hydrogen (secondary N) is 1. The van der Waals surface area contributed by atoms with Crippen LogP contribution in [0, 0.1) is 0 Å². The first-order chi connectivity index (χ1) is 18.4. The summed E-state index contributed by atoms with van der Waals surface area (Å²) in [5, 5.41) is 10.5. The highest BCUT2D eigenvalue weighted by molar-refractivity contribution is 7.69. The van der Waals surface area contributed by atoms with Gasteiger partial charge in [-0.05, 0) is 24.3 Å². The van der Waals surface area contributed by atoms with Crippen LogP contribution in [0.4, 0.5) is 4.79 Å². The Morgan fingerprint density at radius 1 is 1.00 bits per heavy atom.